The third kappa shape index (κ3) is 4.96. The van der Waals surface area contributed by atoms with Gasteiger partial charge in [-0.25, -0.2) is 0 Å². The Kier molecular flexibility index (Phi) is 6.46. The van der Waals surface area contributed by atoms with Crippen LogP contribution in [-0.4, -0.2) is 29.3 Å². The Labute approximate surface area is 143 Å². The van der Waals surface area contributed by atoms with Crippen molar-refractivity contribution in [3.8, 4) is 0 Å². The molecule has 5 heteroatoms. The number of halogens is 1. The van der Waals surface area contributed by atoms with E-state index in [2.05, 4.69) is 12.2 Å². The maximum Gasteiger partial charge on any atom is 0.225 e. The lowest BCUT2D eigenvalue weighted by molar-refractivity contribution is -0.135. The topological polar surface area (TPSA) is 49.4 Å². The van der Waals surface area contributed by atoms with E-state index in [9.17, 15) is 9.59 Å². The summed E-state index contributed by atoms with van der Waals surface area (Å²) >= 11 is 5.92. The van der Waals surface area contributed by atoms with Crippen LogP contribution in [0.4, 0.5) is 0 Å². The summed E-state index contributed by atoms with van der Waals surface area (Å²) in [5.41, 5.74) is 0.906. The molecule has 1 aliphatic heterocycles. The Bertz CT molecular complexity index is 544. The highest BCUT2D eigenvalue weighted by Gasteiger charge is 2.27. The summed E-state index contributed by atoms with van der Waals surface area (Å²) in [4.78, 5) is 26.3. The molecule has 0 aromatic heterocycles. The zero-order chi connectivity index (χ0) is 16.8. The number of benzene rings is 1. The number of carbonyl (C=O) groups excluding carboxylic acids is 2. The van der Waals surface area contributed by atoms with Gasteiger partial charge in [0.25, 0.3) is 0 Å². The molecule has 1 saturated heterocycles. The lowest BCUT2D eigenvalue weighted by atomic mass is 9.97. The molecule has 0 spiro atoms. The first-order chi connectivity index (χ1) is 11.0. The van der Waals surface area contributed by atoms with Crippen molar-refractivity contribution in [3.05, 3.63) is 34.9 Å². The fraction of sp³-hybridized carbons (Fsp3) is 0.556. The number of nitrogens with zero attached hydrogens (tertiary/aromatic N) is 1. The molecule has 4 nitrogen and oxygen atoms in total. The Balaban J connectivity index is 2.11. The average molecular weight is 337 g/mol. The highest BCUT2D eigenvalue weighted by molar-refractivity contribution is 6.30. The molecule has 1 N–H and O–H groups in total. The monoisotopic (exact) mass is 336 g/mol. The first-order valence-electron chi connectivity index (χ1n) is 8.33. The zero-order valence-corrected chi connectivity index (χ0v) is 14.6. The van der Waals surface area contributed by atoms with E-state index in [1.165, 1.54) is 13.3 Å². The second-order valence-corrected chi connectivity index (χ2v) is 6.59. The van der Waals surface area contributed by atoms with Crippen LogP contribution in [0.25, 0.3) is 0 Å². The van der Waals surface area contributed by atoms with E-state index in [-0.39, 0.29) is 24.3 Å². The van der Waals surface area contributed by atoms with Gasteiger partial charge < -0.3 is 10.2 Å². The van der Waals surface area contributed by atoms with Gasteiger partial charge in [-0.05, 0) is 43.4 Å². The van der Waals surface area contributed by atoms with Gasteiger partial charge in [0.2, 0.25) is 11.8 Å². The van der Waals surface area contributed by atoms with Crippen molar-refractivity contribution in [1.29, 1.82) is 0 Å². The van der Waals surface area contributed by atoms with Crippen LogP contribution in [-0.2, 0) is 9.59 Å². The minimum atomic E-state index is -0.309. The van der Waals surface area contributed by atoms with Gasteiger partial charge >= 0.3 is 0 Å². The van der Waals surface area contributed by atoms with Gasteiger partial charge in [0.05, 0.1) is 12.5 Å². The second-order valence-electron chi connectivity index (χ2n) is 6.15. The predicted molar refractivity (Wildman–Crippen MR) is 92.3 cm³/mol. The molecule has 23 heavy (non-hydrogen) atoms. The highest BCUT2D eigenvalue weighted by atomic mass is 35.5. The maximum atomic E-state index is 12.7. The van der Waals surface area contributed by atoms with E-state index in [1.54, 1.807) is 12.1 Å². The summed E-state index contributed by atoms with van der Waals surface area (Å²) < 4.78 is 0. The quantitative estimate of drug-likeness (QED) is 0.891. The Hall–Kier alpha value is -1.55. The number of piperidine rings is 1. The van der Waals surface area contributed by atoms with Crippen LogP contribution in [0, 0.1) is 0 Å². The van der Waals surface area contributed by atoms with Gasteiger partial charge in [-0.1, -0.05) is 30.7 Å². The molecule has 1 fully saturated rings. The minimum absolute atomic E-state index is 0.116. The third-order valence-corrected chi connectivity index (χ3v) is 4.70. The standard InChI is InChI=1S/C18H25ClN2O2/c1-3-16-6-4-5-11-21(16)18(23)12-17(20-13(2)22)14-7-9-15(19)10-8-14/h7-10,16-17H,3-6,11-12H2,1-2H3,(H,20,22). The molecular weight excluding hydrogens is 312 g/mol. The minimum Gasteiger partial charge on any atom is -0.349 e. The molecule has 126 valence electrons. The highest BCUT2D eigenvalue weighted by Crippen LogP contribution is 2.24. The number of hydrogen-bond acceptors (Lipinski definition) is 2. The summed E-state index contributed by atoms with van der Waals surface area (Å²) in [6.07, 6.45) is 4.60. The normalized spacial score (nSPS) is 19.3. The van der Waals surface area contributed by atoms with Gasteiger partial charge in [-0.3, -0.25) is 9.59 Å². The summed E-state index contributed by atoms with van der Waals surface area (Å²) in [7, 11) is 0. The molecular formula is C18H25ClN2O2. The van der Waals surface area contributed by atoms with Gasteiger partial charge in [0.15, 0.2) is 0 Å². The maximum absolute atomic E-state index is 12.7. The van der Waals surface area contributed by atoms with Crippen LogP contribution in [0.3, 0.4) is 0 Å². The summed E-state index contributed by atoms with van der Waals surface area (Å²) in [6.45, 7) is 4.43. The SMILES string of the molecule is CCC1CCCCN1C(=O)CC(NC(C)=O)c1ccc(Cl)cc1. The molecule has 0 aliphatic carbocycles. The van der Waals surface area contributed by atoms with E-state index >= 15 is 0 Å². The van der Waals surface area contributed by atoms with Crippen LogP contribution in [0.5, 0.6) is 0 Å². The van der Waals surface area contributed by atoms with Crippen LogP contribution in [0.1, 0.15) is 57.6 Å². The van der Waals surface area contributed by atoms with E-state index < -0.39 is 0 Å². The van der Waals surface area contributed by atoms with Crippen molar-refractivity contribution in [2.45, 2.75) is 58.0 Å². The number of hydrogen-bond donors (Lipinski definition) is 1. The van der Waals surface area contributed by atoms with Gasteiger partial charge in [-0.2, -0.15) is 0 Å². The lowest BCUT2D eigenvalue weighted by Gasteiger charge is -2.36. The van der Waals surface area contributed by atoms with E-state index in [1.807, 2.05) is 17.0 Å². The average Bonchev–Trinajstić information content (AvgIpc) is 2.54. The molecule has 2 unspecified atom stereocenters. The number of carbonyl (C=O) groups is 2. The third-order valence-electron chi connectivity index (χ3n) is 4.45. The summed E-state index contributed by atoms with van der Waals surface area (Å²) in [6, 6.07) is 7.32. The molecule has 0 saturated carbocycles. The Morgan fingerprint density at radius 1 is 1.30 bits per heavy atom. The lowest BCUT2D eigenvalue weighted by Crippen LogP contribution is -2.44. The van der Waals surface area contributed by atoms with Crippen molar-refractivity contribution in [3.63, 3.8) is 0 Å². The Morgan fingerprint density at radius 2 is 2.00 bits per heavy atom. The van der Waals surface area contributed by atoms with Crippen LogP contribution < -0.4 is 5.32 Å². The van der Waals surface area contributed by atoms with Crippen LogP contribution in [0.2, 0.25) is 5.02 Å². The van der Waals surface area contributed by atoms with Crippen molar-refractivity contribution in [2.24, 2.45) is 0 Å². The fourth-order valence-corrected chi connectivity index (χ4v) is 3.36. The molecule has 1 aromatic carbocycles. The van der Waals surface area contributed by atoms with E-state index in [0.717, 1.165) is 31.4 Å². The molecule has 2 rings (SSSR count). The van der Waals surface area contributed by atoms with Crippen LogP contribution >= 0.6 is 11.6 Å². The number of amides is 2. The first kappa shape index (κ1) is 17.8. The molecule has 0 bridgehead atoms. The molecule has 1 aromatic rings. The summed E-state index contributed by atoms with van der Waals surface area (Å²) in [5, 5.41) is 3.53. The van der Waals surface area contributed by atoms with E-state index in [0.29, 0.717) is 11.1 Å². The van der Waals surface area contributed by atoms with Crippen LogP contribution in [0.15, 0.2) is 24.3 Å². The zero-order valence-electron chi connectivity index (χ0n) is 13.8. The molecule has 0 radical (unpaired) electrons. The van der Waals surface area contributed by atoms with Crippen molar-refractivity contribution in [1.82, 2.24) is 10.2 Å². The number of nitrogens with one attached hydrogen (secondary N) is 1. The Morgan fingerprint density at radius 3 is 2.61 bits per heavy atom. The van der Waals surface area contributed by atoms with Gasteiger partial charge in [0, 0.05) is 24.5 Å². The molecule has 1 heterocycles. The molecule has 1 aliphatic rings. The summed E-state index contributed by atoms with van der Waals surface area (Å²) in [5.74, 6) is -0.0197. The first-order valence-corrected chi connectivity index (χ1v) is 8.71. The van der Waals surface area contributed by atoms with Crippen molar-refractivity contribution >= 4 is 23.4 Å². The molecule has 2 atom stereocenters. The fourth-order valence-electron chi connectivity index (χ4n) is 3.24. The number of likely N-dealkylation sites (tertiary alicyclic amines) is 1. The number of rotatable bonds is 5. The van der Waals surface area contributed by atoms with Crippen molar-refractivity contribution < 1.29 is 9.59 Å². The largest absolute Gasteiger partial charge is 0.349 e. The van der Waals surface area contributed by atoms with Gasteiger partial charge in [-0.15, -0.1) is 0 Å². The predicted octanol–water partition coefficient (Wildman–Crippen LogP) is 3.70. The smallest absolute Gasteiger partial charge is 0.225 e. The van der Waals surface area contributed by atoms with Gasteiger partial charge in [0.1, 0.15) is 0 Å². The van der Waals surface area contributed by atoms with E-state index in [4.69, 9.17) is 11.6 Å². The van der Waals surface area contributed by atoms with Crippen molar-refractivity contribution in [2.75, 3.05) is 6.54 Å². The molecule has 2 amide bonds. The second kappa shape index (κ2) is 8.34.